The first kappa shape index (κ1) is 34.5. The summed E-state index contributed by atoms with van der Waals surface area (Å²) in [6.45, 7) is 21.6. The highest BCUT2D eigenvalue weighted by Gasteiger charge is 2.38. The number of ether oxygens (including phenoxy) is 1. The number of benzene rings is 1. The van der Waals surface area contributed by atoms with Crippen molar-refractivity contribution in [2.45, 2.75) is 138 Å². The molecule has 0 aliphatic rings. The third-order valence-corrected chi connectivity index (χ3v) is 6.55. The van der Waals surface area contributed by atoms with Gasteiger partial charge in [-0.25, -0.2) is 4.79 Å². The maximum Gasteiger partial charge on any atom is 0.408 e. The highest BCUT2D eigenvalue weighted by Crippen LogP contribution is 2.27. The molecular formula is C32H55N3O4. The van der Waals surface area contributed by atoms with E-state index in [0.29, 0.717) is 6.54 Å². The van der Waals surface area contributed by atoms with E-state index in [1.54, 1.807) is 25.7 Å². The lowest BCUT2D eigenvalue weighted by atomic mass is 9.95. The van der Waals surface area contributed by atoms with Crippen molar-refractivity contribution in [2.24, 2.45) is 5.92 Å². The summed E-state index contributed by atoms with van der Waals surface area (Å²) < 4.78 is 5.47. The topological polar surface area (TPSA) is 87.7 Å². The average molecular weight is 546 g/mol. The Balaban J connectivity index is 3.50. The number of unbranched alkanes of at least 4 members (excludes halogenated alkanes) is 5. The summed E-state index contributed by atoms with van der Waals surface area (Å²) in [4.78, 5) is 42.5. The highest BCUT2D eigenvalue weighted by molar-refractivity contribution is 5.92. The Morgan fingerprint density at radius 3 is 2.00 bits per heavy atom. The van der Waals surface area contributed by atoms with Crippen LogP contribution in [-0.2, 0) is 14.3 Å². The van der Waals surface area contributed by atoms with Crippen molar-refractivity contribution in [3.63, 3.8) is 0 Å². The highest BCUT2D eigenvalue weighted by atomic mass is 16.6. The number of alkyl carbamates (subject to hydrolysis) is 1. The van der Waals surface area contributed by atoms with Crippen molar-refractivity contribution in [3.8, 4) is 0 Å². The fourth-order valence-corrected chi connectivity index (χ4v) is 4.40. The molecule has 0 saturated carbocycles. The minimum absolute atomic E-state index is 0.205. The number of hydrogen-bond donors (Lipinski definition) is 2. The van der Waals surface area contributed by atoms with Crippen molar-refractivity contribution in [2.75, 3.05) is 6.54 Å². The molecule has 0 aromatic heterocycles. The van der Waals surface area contributed by atoms with E-state index in [9.17, 15) is 14.4 Å². The van der Waals surface area contributed by atoms with E-state index in [2.05, 4.69) is 17.6 Å². The third kappa shape index (κ3) is 12.4. The largest absolute Gasteiger partial charge is 0.444 e. The van der Waals surface area contributed by atoms with Gasteiger partial charge >= 0.3 is 6.09 Å². The van der Waals surface area contributed by atoms with Gasteiger partial charge in [0.05, 0.1) is 0 Å². The van der Waals surface area contributed by atoms with E-state index in [1.165, 1.54) is 12.8 Å². The van der Waals surface area contributed by atoms with Crippen LogP contribution < -0.4 is 10.6 Å². The van der Waals surface area contributed by atoms with Crippen LogP contribution in [0, 0.1) is 19.8 Å². The molecule has 1 rings (SSSR count). The zero-order valence-corrected chi connectivity index (χ0v) is 26.5. The molecule has 7 nitrogen and oxygen atoms in total. The van der Waals surface area contributed by atoms with Gasteiger partial charge in [0.2, 0.25) is 11.8 Å². The first-order valence-corrected chi connectivity index (χ1v) is 14.7. The summed E-state index contributed by atoms with van der Waals surface area (Å²) in [5, 5.41) is 5.90. The minimum atomic E-state index is -0.837. The zero-order chi connectivity index (χ0) is 30.0. The molecule has 2 N–H and O–H groups in total. The van der Waals surface area contributed by atoms with Crippen molar-refractivity contribution in [1.82, 2.24) is 15.5 Å². The van der Waals surface area contributed by atoms with Crippen LogP contribution in [-0.4, -0.2) is 46.5 Å². The Morgan fingerprint density at radius 1 is 0.897 bits per heavy atom. The van der Waals surface area contributed by atoms with Gasteiger partial charge < -0.3 is 20.3 Å². The van der Waals surface area contributed by atoms with E-state index in [0.717, 1.165) is 42.4 Å². The Morgan fingerprint density at radius 2 is 1.49 bits per heavy atom. The molecule has 0 fully saturated rings. The van der Waals surface area contributed by atoms with Crippen molar-refractivity contribution >= 4 is 17.9 Å². The third-order valence-electron chi connectivity index (χ3n) is 6.55. The second kappa shape index (κ2) is 15.3. The average Bonchev–Trinajstić information content (AvgIpc) is 2.78. The predicted molar refractivity (Wildman–Crippen MR) is 160 cm³/mol. The fraction of sp³-hybridized carbons (Fsp3) is 0.719. The Labute approximate surface area is 237 Å². The number of hydrogen-bond acceptors (Lipinski definition) is 4. The molecule has 7 heteroatoms. The number of carbonyl (C=O) groups is 3. The molecule has 3 amide bonds. The molecule has 0 bridgehead atoms. The molecule has 0 spiro atoms. The van der Waals surface area contributed by atoms with E-state index in [4.69, 9.17) is 4.74 Å². The van der Waals surface area contributed by atoms with Crippen molar-refractivity contribution < 1.29 is 19.1 Å². The lowest BCUT2D eigenvalue weighted by Gasteiger charge is -2.37. The van der Waals surface area contributed by atoms with Crippen molar-refractivity contribution in [1.29, 1.82) is 0 Å². The van der Waals surface area contributed by atoms with E-state index < -0.39 is 29.3 Å². The van der Waals surface area contributed by atoms with Crippen LogP contribution in [0.1, 0.15) is 124 Å². The van der Waals surface area contributed by atoms with Crippen LogP contribution >= 0.6 is 0 Å². The summed E-state index contributed by atoms with van der Waals surface area (Å²) in [5.41, 5.74) is 1.77. The van der Waals surface area contributed by atoms with Gasteiger partial charge in [-0.3, -0.25) is 9.59 Å². The number of aryl methyl sites for hydroxylation is 2. The molecule has 1 aromatic rings. The van der Waals surface area contributed by atoms with Crippen LogP contribution in [0.25, 0.3) is 0 Å². The van der Waals surface area contributed by atoms with Crippen LogP contribution in [0.2, 0.25) is 0 Å². The molecule has 0 aliphatic carbocycles. The molecular weight excluding hydrogens is 490 g/mol. The minimum Gasteiger partial charge on any atom is -0.444 e. The number of rotatable bonds is 13. The van der Waals surface area contributed by atoms with Gasteiger partial charge in [-0.15, -0.1) is 0 Å². The first-order valence-electron chi connectivity index (χ1n) is 14.7. The summed E-state index contributed by atoms with van der Waals surface area (Å²) in [7, 11) is 0. The lowest BCUT2D eigenvalue weighted by Crippen LogP contribution is -2.56. The van der Waals surface area contributed by atoms with Crippen LogP contribution in [0.4, 0.5) is 4.79 Å². The Kier molecular flexibility index (Phi) is 13.5. The van der Waals surface area contributed by atoms with Crippen LogP contribution in [0.5, 0.6) is 0 Å². The molecule has 1 aromatic carbocycles. The standard InChI is InChI=1S/C32H55N3O4/c1-12-13-14-15-16-17-20-35(29(37)26(22(2)3)33-30(38)39-32(9,10)11)27(28(36)34-31(6,7)8)25-19-18-23(4)24(5)21-25/h18-19,21-22,26-27H,12-17,20H2,1-11H3,(H,33,38)(H,34,36). The summed E-state index contributed by atoms with van der Waals surface area (Å²) in [6.07, 6.45) is 5.70. The normalized spacial score (nSPS) is 13.5. The maximum atomic E-state index is 14.3. The quantitative estimate of drug-likeness (QED) is 0.261. The number of amides is 3. The second-order valence-electron chi connectivity index (χ2n) is 13.2. The fourth-order valence-electron chi connectivity index (χ4n) is 4.40. The van der Waals surface area contributed by atoms with E-state index >= 15 is 0 Å². The summed E-state index contributed by atoms with van der Waals surface area (Å²) in [5.74, 6) is -0.718. The van der Waals surface area contributed by atoms with E-state index in [-0.39, 0.29) is 17.7 Å². The molecule has 0 heterocycles. The monoisotopic (exact) mass is 545 g/mol. The number of nitrogens with zero attached hydrogens (tertiary/aromatic N) is 1. The first-order chi connectivity index (χ1) is 18.0. The Bertz CT molecular complexity index is 944. The lowest BCUT2D eigenvalue weighted by molar-refractivity contribution is -0.144. The van der Waals surface area contributed by atoms with Gasteiger partial charge in [-0.05, 0) is 84.4 Å². The zero-order valence-electron chi connectivity index (χ0n) is 26.5. The van der Waals surface area contributed by atoms with Gasteiger partial charge in [0.1, 0.15) is 17.7 Å². The molecule has 0 radical (unpaired) electrons. The van der Waals surface area contributed by atoms with Crippen molar-refractivity contribution in [3.05, 3.63) is 34.9 Å². The van der Waals surface area contributed by atoms with Gasteiger partial charge in [-0.1, -0.05) is 71.1 Å². The number of carbonyl (C=O) groups excluding carboxylic acids is 3. The van der Waals surface area contributed by atoms with E-state index in [1.807, 2.05) is 66.7 Å². The van der Waals surface area contributed by atoms with Gasteiger partial charge in [0.15, 0.2) is 0 Å². The molecule has 2 unspecified atom stereocenters. The smallest absolute Gasteiger partial charge is 0.408 e. The SMILES string of the molecule is CCCCCCCCN(C(=O)C(NC(=O)OC(C)(C)C)C(C)C)C(C(=O)NC(C)(C)C)c1ccc(C)c(C)c1. The second-order valence-corrected chi connectivity index (χ2v) is 13.2. The summed E-state index contributed by atoms with van der Waals surface area (Å²) >= 11 is 0. The van der Waals surface area contributed by atoms with Gasteiger partial charge in [-0.2, -0.15) is 0 Å². The summed E-state index contributed by atoms with van der Waals surface area (Å²) in [6, 6.07) is 4.26. The van der Waals surface area contributed by atoms with Crippen LogP contribution in [0.3, 0.4) is 0 Å². The van der Waals surface area contributed by atoms with Gasteiger partial charge in [0.25, 0.3) is 0 Å². The molecule has 222 valence electrons. The number of nitrogens with one attached hydrogen (secondary N) is 2. The van der Waals surface area contributed by atoms with Crippen LogP contribution in [0.15, 0.2) is 18.2 Å². The molecule has 0 saturated heterocycles. The molecule has 39 heavy (non-hydrogen) atoms. The van der Waals surface area contributed by atoms with Gasteiger partial charge in [0, 0.05) is 12.1 Å². The predicted octanol–water partition coefficient (Wildman–Crippen LogP) is 7.00. The molecule has 2 atom stereocenters. The molecule has 0 aliphatic heterocycles. The Hall–Kier alpha value is -2.57. The maximum absolute atomic E-state index is 14.3.